The predicted octanol–water partition coefficient (Wildman–Crippen LogP) is 0.985. The van der Waals surface area contributed by atoms with E-state index in [1.54, 1.807) is 24.3 Å². The van der Waals surface area contributed by atoms with E-state index in [1.807, 2.05) is 0 Å². The molecule has 0 radical (unpaired) electrons. The number of carbonyl (C=O) groups excluding carboxylic acids is 3. The first kappa shape index (κ1) is 16.4. The molecule has 0 atom stereocenters. The van der Waals surface area contributed by atoms with Crippen LogP contribution in [0.25, 0.3) is 0 Å². The van der Waals surface area contributed by atoms with Gasteiger partial charge in [0.1, 0.15) is 0 Å². The number of amides is 3. The van der Waals surface area contributed by atoms with E-state index < -0.39 is 0 Å². The van der Waals surface area contributed by atoms with Crippen molar-refractivity contribution in [1.82, 2.24) is 15.5 Å². The normalized spacial score (nSPS) is 17.8. The van der Waals surface area contributed by atoms with Gasteiger partial charge in [-0.3, -0.25) is 19.3 Å². The number of likely N-dealkylation sites (tertiary alicyclic amines) is 1. The van der Waals surface area contributed by atoms with Gasteiger partial charge in [-0.2, -0.15) is 0 Å². The summed E-state index contributed by atoms with van der Waals surface area (Å²) in [5.74, 6) is -0.372. The van der Waals surface area contributed by atoms with E-state index in [9.17, 15) is 14.4 Å². The molecule has 0 saturated carbocycles. The fourth-order valence-electron chi connectivity index (χ4n) is 2.87. The Bertz CT molecular complexity index is 663. The van der Waals surface area contributed by atoms with Crippen LogP contribution >= 0.6 is 0 Å². The summed E-state index contributed by atoms with van der Waals surface area (Å²) in [6.07, 6.45) is 3.66. The Labute approximate surface area is 140 Å². The van der Waals surface area contributed by atoms with Crippen molar-refractivity contribution in [3.8, 4) is 0 Å². The minimum absolute atomic E-state index is 0.116. The summed E-state index contributed by atoms with van der Waals surface area (Å²) >= 11 is 0. The van der Waals surface area contributed by atoms with Gasteiger partial charge in [0.25, 0.3) is 5.91 Å². The Morgan fingerprint density at radius 1 is 1.08 bits per heavy atom. The van der Waals surface area contributed by atoms with Gasteiger partial charge < -0.3 is 10.6 Å². The topological polar surface area (TPSA) is 78.5 Å². The number of benzene rings is 1. The fraction of sp³-hybridized carbons (Fsp3) is 0.389. The molecule has 6 nitrogen and oxygen atoms in total. The van der Waals surface area contributed by atoms with Crippen LogP contribution in [-0.2, 0) is 16.1 Å². The zero-order valence-electron chi connectivity index (χ0n) is 13.5. The summed E-state index contributed by atoms with van der Waals surface area (Å²) in [7, 11) is 0. The number of imide groups is 1. The lowest BCUT2D eigenvalue weighted by atomic mass is 10.1. The predicted molar refractivity (Wildman–Crippen MR) is 89.1 cm³/mol. The van der Waals surface area contributed by atoms with Crippen LogP contribution in [0.15, 0.2) is 35.9 Å². The van der Waals surface area contributed by atoms with Crippen LogP contribution in [0.4, 0.5) is 0 Å². The number of hydrogen-bond donors (Lipinski definition) is 2. The molecule has 2 N–H and O–H groups in total. The van der Waals surface area contributed by atoms with Crippen LogP contribution in [0.3, 0.4) is 0 Å². The van der Waals surface area contributed by atoms with Gasteiger partial charge >= 0.3 is 0 Å². The molecule has 6 heteroatoms. The average Bonchev–Trinajstić information content (AvgIpc) is 2.93. The van der Waals surface area contributed by atoms with Crippen molar-refractivity contribution in [2.45, 2.75) is 25.8 Å². The molecule has 1 saturated heterocycles. The summed E-state index contributed by atoms with van der Waals surface area (Å²) in [5, 5.41) is 6.16. The third kappa shape index (κ3) is 3.89. The molecule has 0 spiro atoms. The van der Waals surface area contributed by atoms with Gasteiger partial charge in [0.15, 0.2) is 0 Å². The van der Waals surface area contributed by atoms with Crippen molar-refractivity contribution in [3.05, 3.63) is 47.0 Å². The van der Waals surface area contributed by atoms with Crippen molar-refractivity contribution >= 4 is 17.7 Å². The highest BCUT2D eigenvalue weighted by molar-refractivity contribution is 6.01. The molecule has 0 aromatic heterocycles. The standard InChI is InChI=1S/C18H21N3O3/c22-16-5-6-17(23)21(16)12-14-1-3-15(4-2-14)18(24)20-11-13-7-9-19-10-8-13/h1-4,7,19H,5-6,8-12H2,(H,20,24). The number of nitrogens with zero attached hydrogens (tertiary/aromatic N) is 1. The Morgan fingerprint density at radius 2 is 1.79 bits per heavy atom. The fourth-order valence-corrected chi connectivity index (χ4v) is 2.87. The highest BCUT2D eigenvalue weighted by Gasteiger charge is 2.28. The second-order valence-electron chi connectivity index (χ2n) is 6.07. The summed E-state index contributed by atoms with van der Waals surface area (Å²) in [6.45, 7) is 2.65. The monoisotopic (exact) mass is 327 g/mol. The molecule has 0 bridgehead atoms. The van der Waals surface area contributed by atoms with Gasteiger partial charge in [0.05, 0.1) is 6.54 Å². The maximum absolute atomic E-state index is 12.2. The number of hydrogen-bond acceptors (Lipinski definition) is 4. The van der Waals surface area contributed by atoms with Crippen LogP contribution in [-0.4, -0.2) is 42.3 Å². The molecular weight excluding hydrogens is 306 g/mol. The minimum atomic E-state index is -0.128. The second-order valence-corrected chi connectivity index (χ2v) is 6.07. The summed E-state index contributed by atoms with van der Waals surface area (Å²) in [4.78, 5) is 36.7. The van der Waals surface area contributed by atoms with Gasteiger partial charge in [-0.25, -0.2) is 0 Å². The summed E-state index contributed by atoms with van der Waals surface area (Å²) < 4.78 is 0. The molecule has 1 fully saturated rings. The zero-order chi connectivity index (χ0) is 16.9. The Morgan fingerprint density at radius 3 is 2.42 bits per heavy atom. The highest BCUT2D eigenvalue weighted by Crippen LogP contribution is 2.16. The molecule has 3 amide bonds. The first-order valence-corrected chi connectivity index (χ1v) is 8.22. The average molecular weight is 327 g/mol. The second kappa shape index (κ2) is 7.40. The van der Waals surface area contributed by atoms with Crippen molar-refractivity contribution in [3.63, 3.8) is 0 Å². The van der Waals surface area contributed by atoms with Gasteiger partial charge in [0, 0.05) is 31.5 Å². The molecule has 0 unspecified atom stereocenters. The molecule has 2 aliphatic rings. The lowest BCUT2D eigenvalue weighted by molar-refractivity contribution is -0.139. The Hall–Kier alpha value is -2.47. The van der Waals surface area contributed by atoms with E-state index >= 15 is 0 Å². The van der Waals surface area contributed by atoms with Crippen molar-refractivity contribution in [2.75, 3.05) is 19.6 Å². The largest absolute Gasteiger partial charge is 0.348 e. The van der Waals surface area contributed by atoms with Crippen LogP contribution in [0.2, 0.25) is 0 Å². The van der Waals surface area contributed by atoms with Crippen molar-refractivity contribution < 1.29 is 14.4 Å². The van der Waals surface area contributed by atoms with Gasteiger partial charge in [-0.1, -0.05) is 23.8 Å². The molecule has 3 rings (SSSR count). The third-order valence-electron chi connectivity index (χ3n) is 4.35. The van der Waals surface area contributed by atoms with Crippen molar-refractivity contribution in [2.24, 2.45) is 0 Å². The lowest BCUT2D eigenvalue weighted by Crippen LogP contribution is -2.30. The Balaban J connectivity index is 1.55. The number of rotatable bonds is 5. The third-order valence-corrected chi connectivity index (χ3v) is 4.35. The molecule has 2 heterocycles. The SMILES string of the molecule is O=C(NCC1=CCNCC1)c1ccc(CN2C(=O)CCC2=O)cc1. The molecule has 1 aromatic rings. The van der Waals surface area contributed by atoms with Crippen LogP contribution in [0.1, 0.15) is 35.2 Å². The number of nitrogens with one attached hydrogen (secondary N) is 2. The van der Waals surface area contributed by atoms with E-state index in [2.05, 4.69) is 16.7 Å². The summed E-state index contributed by atoms with van der Waals surface area (Å²) in [5.41, 5.74) is 2.66. The minimum Gasteiger partial charge on any atom is -0.348 e. The Kier molecular flexibility index (Phi) is 5.05. The highest BCUT2D eigenvalue weighted by atomic mass is 16.2. The zero-order valence-corrected chi connectivity index (χ0v) is 13.5. The number of carbonyl (C=O) groups is 3. The molecule has 1 aromatic carbocycles. The molecule has 24 heavy (non-hydrogen) atoms. The molecule has 126 valence electrons. The maximum Gasteiger partial charge on any atom is 0.251 e. The first-order valence-electron chi connectivity index (χ1n) is 8.22. The smallest absolute Gasteiger partial charge is 0.251 e. The van der Waals surface area contributed by atoms with Crippen LogP contribution in [0.5, 0.6) is 0 Å². The molecule has 2 aliphatic heterocycles. The van der Waals surface area contributed by atoms with Gasteiger partial charge in [0.2, 0.25) is 11.8 Å². The van der Waals surface area contributed by atoms with E-state index in [0.717, 1.165) is 25.1 Å². The molecular formula is C18H21N3O3. The van der Waals surface area contributed by atoms with Gasteiger partial charge in [-0.15, -0.1) is 0 Å². The van der Waals surface area contributed by atoms with E-state index in [4.69, 9.17) is 0 Å². The van der Waals surface area contributed by atoms with E-state index in [-0.39, 0.29) is 24.3 Å². The lowest BCUT2D eigenvalue weighted by Gasteiger charge is -2.15. The van der Waals surface area contributed by atoms with Gasteiger partial charge in [-0.05, 0) is 30.7 Å². The van der Waals surface area contributed by atoms with E-state index in [1.165, 1.54) is 10.5 Å². The summed E-state index contributed by atoms with van der Waals surface area (Å²) in [6, 6.07) is 7.04. The van der Waals surface area contributed by atoms with Crippen molar-refractivity contribution in [1.29, 1.82) is 0 Å². The maximum atomic E-state index is 12.2. The van der Waals surface area contributed by atoms with Crippen LogP contribution in [0, 0.1) is 0 Å². The first-order chi connectivity index (χ1) is 11.6. The quantitative estimate of drug-likeness (QED) is 0.624. The van der Waals surface area contributed by atoms with E-state index in [0.29, 0.717) is 24.9 Å². The molecule has 0 aliphatic carbocycles. The van der Waals surface area contributed by atoms with Crippen LogP contribution < -0.4 is 10.6 Å².